The normalized spacial score (nSPS) is 23.6. The molecule has 0 aromatic carbocycles. The first kappa shape index (κ1) is 14.4. The number of nitrogens with one attached hydrogen (secondary N) is 1. The number of nitrogen functional groups attached to an aromatic ring is 1. The van der Waals surface area contributed by atoms with Gasteiger partial charge in [0.25, 0.3) is 0 Å². The molecule has 1 fully saturated rings. The molecule has 0 bridgehead atoms. The highest BCUT2D eigenvalue weighted by Crippen LogP contribution is 2.35. The van der Waals surface area contributed by atoms with Crippen LogP contribution in [0.1, 0.15) is 19.0 Å². The molecule has 19 heavy (non-hydrogen) atoms. The van der Waals surface area contributed by atoms with Gasteiger partial charge in [-0.25, -0.2) is 15.8 Å². The average molecular weight is 294 g/mol. The first-order chi connectivity index (χ1) is 8.90. The maximum Gasteiger partial charge on any atom is 0.433 e. The van der Waals surface area contributed by atoms with Crippen molar-refractivity contribution in [2.24, 2.45) is 5.84 Å². The van der Waals surface area contributed by atoms with Gasteiger partial charge in [-0.2, -0.15) is 13.2 Å². The molecule has 5 nitrogen and oxygen atoms in total. The van der Waals surface area contributed by atoms with Crippen molar-refractivity contribution in [2.45, 2.75) is 35.9 Å². The monoisotopic (exact) mass is 294 g/mol. The first-order valence-corrected chi connectivity index (χ1v) is 6.49. The van der Waals surface area contributed by atoms with E-state index in [1.54, 1.807) is 0 Å². The summed E-state index contributed by atoms with van der Waals surface area (Å²) in [6.45, 7) is 2.50. The van der Waals surface area contributed by atoms with Gasteiger partial charge in [-0.05, 0) is 13.3 Å². The summed E-state index contributed by atoms with van der Waals surface area (Å²) in [5.41, 5.74) is 1.04. The lowest BCUT2D eigenvalue weighted by Gasteiger charge is -2.14. The molecule has 0 aliphatic carbocycles. The molecule has 2 rings (SSSR count). The van der Waals surface area contributed by atoms with Gasteiger partial charge in [0, 0.05) is 17.9 Å². The maximum atomic E-state index is 12.7. The molecule has 9 heteroatoms. The highest BCUT2D eigenvalue weighted by molar-refractivity contribution is 7.99. The lowest BCUT2D eigenvalue weighted by Crippen LogP contribution is -2.17. The Labute approximate surface area is 112 Å². The zero-order valence-electron chi connectivity index (χ0n) is 10.1. The van der Waals surface area contributed by atoms with E-state index in [2.05, 4.69) is 9.97 Å². The van der Waals surface area contributed by atoms with E-state index in [0.29, 0.717) is 6.61 Å². The lowest BCUT2D eigenvalue weighted by molar-refractivity contribution is -0.141. The molecule has 2 heterocycles. The van der Waals surface area contributed by atoms with E-state index in [1.165, 1.54) is 11.8 Å². The minimum absolute atomic E-state index is 0.0106. The van der Waals surface area contributed by atoms with Gasteiger partial charge >= 0.3 is 6.18 Å². The van der Waals surface area contributed by atoms with Crippen LogP contribution < -0.4 is 11.3 Å². The molecular weight excluding hydrogens is 281 g/mol. The highest BCUT2D eigenvalue weighted by Gasteiger charge is 2.34. The average Bonchev–Trinajstić information content (AvgIpc) is 2.73. The quantitative estimate of drug-likeness (QED) is 0.505. The molecule has 0 radical (unpaired) electrons. The summed E-state index contributed by atoms with van der Waals surface area (Å²) >= 11 is 1.25. The van der Waals surface area contributed by atoms with E-state index in [1.807, 2.05) is 12.3 Å². The summed E-state index contributed by atoms with van der Waals surface area (Å²) in [4.78, 5) is 7.22. The van der Waals surface area contributed by atoms with Gasteiger partial charge in [0.15, 0.2) is 5.69 Å². The van der Waals surface area contributed by atoms with Crippen LogP contribution >= 0.6 is 11.8 Å². The number of alkyl halides is 3. The van der Waals surface area contributed by atoms with Crippen molar-refractivity contribution in [3.8, 4) is 0 Å². The molecule has 0 spiro atoms. The number of rotatable bonds is 3. The molecule has 1 saturated heterocycles. The van der Waals surface area contributed by atoms with Crippen molar-refractivity contribution >= 4 is 17.7 Å². The largest absolute Gasteiger partial charge is 0.433 e. The van der Waals surface area contributed by atoms with Crippen molar-refractivity contribution < 1.29 is 17.9 Å². The van der Waals surface area contributed by atoms with Crippen LogP contribution in [0.4, 0.5) is 19.1 Å². The molecule has 1 aromatic heterocycles. The summed E-state index contributed by atoms with van der Waals surface area (Å²) in [5, 5.41) is 0.319. The fourth-order valence-electron chi connectivity index (χ4n) is 1.72. The van der Waals surface area contributed by atoms with Gasteiger partial charge in [0.1, 0.15) is 5.03 Å². The molecule has 2 atom stereocenters. The van der Waals surface area contributed by atoms with E-state index in [-0.39, 0.29) is 22.3 Å². The van der Waals surface area contributed by atoms with Gasteiger partial charge in [-0.15, -0.1) is 11.8 Å². The van der Waals surface area contributed by atoms with Crippen molar-refractivity contribution in [1.82, 2.24) is 9.97 Å². The Morgan fingerprint density at radius 3 is 2.74 bits per heavy atom. The van der Waals surface area contributed by atoms with Gasteiger partial charge in [0.05, 0.1) is 6.10 Å². The van der Waals surface area contributed by atoms with Crippen LogP contribution in [-0.4, -0.2) is 27.9 Å². The van der Waals surface area contributed by atoms with E-state index in [9.17, 15) is 13.2 Å². The van der Waals surface area contributed by atoms with Crippen LogP contribution in [0, 0.1) is 0 Å². The number of hydrogen-bond acceptors (Lipinski definition) is 6. The fraction of sp³-hybridized carbons (Fsp3) is 0.600. The number of hydrazine groups is 1. The Morgan fingerprint density at radius 2 is 2.21 bits per heavy atom. The third kappa shape index (κ3) is 3.48. The third-order valence-electron chi connectivity index (χ3n) is 2.70. The molecule has 1 aliphatic rings. The van der Waals surface area contributed by atoms with E-state index < -0.39 is 11.9 Å². The second-order valence-corrected chi connectivity index (χ2v) is 5.34. The number of anilines is 1. The van der Waals surface area contributed by atoms with E-state index in [4.69, 9.17) is 10.6 Å². The van der Waals surface area contributed by atoms with Crippen molar-refractivity contribution in [3.05, 3.63) is 11.8 Å². The van der Waals surface area contributed by atoms with Crippen LogP contribution in [0.5, 0.6) is 0 Å². The number of ether oxygens (including phenoxy) is 1. The van der Waals surface area contributed by atoms with Crippen LogP contribution in [0.2, 0.25) is 0 Å². The molecule has 0 saturated carbocycles. The van der Waals surface area contributed by atoms with Gasteiger partial charge < -0.3 is 4.74 Å². The first-order valence-electron chi connectivity index (χ1n) is 5.61. The van der Waals surface area contributed by atoms with Crippen LogP contribution in [-0.2, 0) is 10.9 Å². The SMILES string of the molecule is CC1OCCC1Sc1cc(C(F)(F)F)nc(NN)n1. The maximum absolute atomic E-state index is 12.7. The van der Waals surface area contributed by atoms with E-state index in [0.717, 1.165) is 12.5 Å². The molecule has 2 unspecified atom stereocenters. The molecule has 1 aliphatic heterocycles. The smallest absolute Gasteiger partial charge is 0.377 e. The predicted octanol–water partition coefficient (Wildman–Crippen LogP) is 2.05. The van der Waals surface area contributed by atoms with Gasteiger partial charge in [-0.3, -0.25) is 5.43 Å². The minimum atomic E-state index is -4.53. The zero-order valence-corrected chi connectivity index (χ0v) is 10.9. The van der Waals surface area contributed by atoms with E-state index >= 15 is 0 Å². The van der Waals surface area contributed by atoms with Crippen LogP contribution in [0.3, 0.4) is 0 Å². The molecule has 3 N–H and O–H groups in total. The predicted molar refractivity (Wildman–Crippen MR) is 64.5 cm³/mol. The summed E-state index contributed by atoms with van der Waals surface area (Å²) < 4.78 is 43.4. The number of hydrogen-bond donors (Lipinski definition) is 2. The highest BCUT2D eigenvalue weighted by atomic mass is 32.2. The second-order valence-electron chi connectivity index (χ2n) is 4.08. The van der Waals surface area contributed by atoms with Crippen molar-refractivity contribution in [1.29, 1.82) is 0 Å². The Bertz CT molecular complexity index is 457. The Balaban J connectivity index is 2.24. The standard InChI is InChI=1S/C10H13F3N4OS/c1-5-6(2-3-18-5)19-8-4-7(10(11,12)13)15-9(16-8)17-14/h4-6H,2-3,14H2,1H3,(H,15,16,17). The van der Waals surface area contributed by atoms with Crippen molar-refractivity contribution in [3.63, 3.8) is 0 Å². The summed E-state index contributed by atoms with van der Waals surface area (Å²) in [5.74, 6) is 4.84. The third-order valence-corrected chi connectivity index (χ3v) is 4.07. The second kappa shape index (κ2) is 5.51. The molecule has 1 aromatic rings. The Morgan fingerprint density at radius 1 is 1.47 bits per heavy atom. The fourth-order valence-corrected chi connectivity index (χ4v) is 2.83. The number of aromatic nitrogens is 2. The Kier molecular flexibility index (Phi) is 4.16. The molecular formula is C10H13F3N4OS. The van der Waals surface area contributed by atoms with Gasteiger partial charge in [-0.1, -0.05) is 0 Å². The number of nitrogens with two attached hydrogens (primary N) is 1. The summed E-state index contributed by atoms with van der Waals surface area (Å²) in [7, 11) is 0. The molecule has 106 valence electrons. The van der Waals surface area contributed by atoms with Gasteiger partial charge in [0.2, 0.25) is 5.95 Å². The molecule has 0 amide bonds. The van der Waals surface area contributed by atoms with Crippen LogP contribution in [0.15, 0.2) is 11.1 Å². The van der Waals surface area contributed by atoms with Crippen molar-refractivity contribution in [2.75, 3.05) is 12.0 Å². The topological polar surface area (TPSA) is 73.1 Å². The summed E-state index contributed by atoms with van der Waals surface area (Å²) in [6, 6.07) is 0.927. The number of thioether (sulfide) groups is 1. The lowest BCUT2D eigenvalue weighted by atomic mass is 10.3. The van der Waals surface area contributed by atoms with Crippen LogP contribution in [0.25, 0.3) is 0 Å². The minimum Gasteiger partial charge on any atom is -0.377 e. The number of halogens is 3. The zero-order chi connectivity index (χ0) is 14.0. The Hall–Kier alpha value is -1.06. The number of nitrogens with zero attached hydrogens (tertiary/aromatic N) is 2. The summed E-state index contributed by atoms with van der Waals surface area (Å²) in [6.07, 6.45) is -3.76.